The van der Waals surface area contributed by atoms with Gasteiger partial charge in [0.25, 0.3) is 0 Å². The summed E-state index contributed by atoms with van der Waals surface area (Å²) in [7, 11) is 0. The number of hydrogen-bond acceptors (Lipinski definition) is 0. The molecule has 0 aliphatic heterocycles. The third-order valence-corrected chi connectivity index (χ3v) is 5.55. The van der Waals surface area contributed by atoms with Crippen molar-refractivity contribution in [2.24, 2.45) is 29.1 Å². The molecule has 0 aromatic rings. The zero-order chi connectivity index (χ0) is 11.1. The maximum atomic E-state index is 3.99. The van der Waals surface area contributed by atoms with Crippen molar-refractivity contribution in [2.45, 2.75) is 52.9 Å². The van der Waals surface area contributed by atoms with Gasteiger partial charge in [-0.3, -0.25) is 0 Å². The average Bonchev–Trinajstić information content (AvgIpc) is 2.56. The molecule has 0 unspecified atom stereocenters. The van der Waals surface area contributed by atoms with Gasteiger partial charge in [0.05, 0.1) is 0 Å². The fraction of sp³-hybridized carbons (Fsp3) is 0.867. The van der Waals surface area contributed by atoms with Crippen molar-refractivity contribution in [1.29, 1.82) is 0 Å². The number of allylic oxidation sites excluding steroid dienone is 1. The zero-order valence-electron chi connectivity index (χ0n) is 10.6. The maximum absolute atomic E-state index is 3.99. The summed E-state index contributed by atoms with van der Waals surface area (Å²) in [5.41, 5.74) is 0.630. The van der Waals surface area contributed by atoms with E-state index in [0.717, 1.165) is 17.8 Å². The first-order valence-electron chi connectivity index (χ1n) is 6.72. The molecule has 0 radical (unpaired) electrons. The van der Waals surface area contributed by atoms with Crippen LogP contribution in [0.4, 0.5) is 0 Å². The third kappa shape index (κ3) is 1.66. The van der Waals surface area contributed by atoms with Gasteiger partial charge in [-0.05, 0) is 48.3 Å². The molecule has 2 aliphatic carbocycles. The van der Waals surface area contributed by atoms with Crippen molar-refractivity contribution in [3.63, 3.8) is 0 Å². The Bertz CT molecular complexity index is 242. The maximum Gasteiger partial charge on any atom is -0.0231 e. The van der Waals surface area contributed by atoms with E-state index in [1.807, 2.05) is 0 Å². The molecule has 15 heavy (non-hydrogen) atoms. The van der Waals surface area contributed by atoms with Crippen LogP contribution in [0.15, 0.2) is 12.7 Å². The lowest BCUT2D eigenvalue weighted by Gasteiger charge is -2.45. The fourth-order valence-electron chi connectivity index (χ4n) is 4.63. The van der Waals surface area contributed by atoms with Gasteiger partial charge >= 0.3 is 0 Å². The minimum absolute atomic E-state index is 0.630. The summed E-state index contributed by atoms with van der Waals surface area (Å²) in [4.78, 5) is 0. The summed E-state index contributed by atoms with van der Waals surface area (Å²) in [5, 5.41) is 0. The van der Waals surface area contributed by atoms with Crippen LogP contribution in [-0.4, -0.2) is 0 Å². The van der Waals surface area contributed by atoms with E-state index in [1.165, 1.54) is 32.1 Å². The summed E-state index contributed by atoms with van der Waals surface area (Å²) < 4.78 is 0. The van der Waals surface area contributed by atoms with Gasteiger partial charge in [-0.1, -0.05) is 39.7 Å². The fourth-order valence-corrected chi connectivity index (χ4v) is 4.63. The molecule has 2 aliphatic rings. The minimum Gasteiger partial charge on any atom is -0.103 e. The van der Waals surface area contributed by atoms with Crippen molar-refractivity contribution in [3.8, 4) is 0 Å². The first-order chi connectivity index (χ1) is 7.09. The van der Waals surface area contributed by atoms with E-state index in [-0.39, 0.29) is 0 Å². The Hall–Kier alpha value is -0.260. The third-order valence-electron chi connectivity index (χ3n) is 5.55. The van der Waals surface area contributed by atoms with E-state index < -0.39 is 0 Å². The molecule has 86 valence electrons. The molecule has 0 bridgehead atoms. The first kappa shape index (κ1) is 11.2. The van der Waals surface area contributed by atoms with Crippen LogP contribution in [-0.2, 0) is 0 Å². The van der Waals surface area contributed by atoms with Crippen molar-refractivity contribution >= 4 is 0 Å². The molecular formula is C15H26. The lowest BCUT2D eigenvalue weighted by molar-refractivity contribution is 0.0454. The molecular weight excluding hydrogens is 180 g/mol. The second kappa shape index (κ2) is 3.96. The van der Waals surface area contributed by atoms with Crippen LogP contribution in [0.5, 0.6) is 0 Å². The molecule has 0 N–H and O–H groups in total. The Balaban J connectivity index is 2.20. The van der Waals surface area contributed by atoms with Crippen LogP contribution in [0, 0.1) is 29.1 Å². The second-order valence-corrected chi connectivity index (χ2v) is 6.26. The molecule has 0 saturated heterocycles. The standard InChI is InChI=1S/C15H26/c1-5-11(2)13-8-9-14-12(3)7-6-10-15(13,14)4/h5,11-14H,1,6-10H2,2-4H3/t11-,12+,13-,14+,15-/m1/s1. The summed E-state index contributed by atoms with van der Waals surface area (Å²) in [5.74, 6) is 3.58. The molecule has 0 aromatic heterocycles. The average molecular weight is 206 g/mol. The Morgan fingerprint density at radius 1 is 1.33 bits per heavy atom. The van der Waals surface area contributed by atoms with Crippen molar-refractivity contribution < 1.29 is 0 Å². The molecule has 2 saturated carbocycles. The van der Waals surface area contributed by atoms with Crippen molar-refractivity contribution in [1.82, 2.24) is 0 Å². The number of fused-ring (bicyclic) bond motifs is 1. The van der Waals surface area contributed by atoms with Crippen LogP contribution >= 0.6 is 0 Å². The number of hydrogen-bond donors (Lipinski definition) is 0. The minimum atomic E-state index is 0.630. The van der Waals surface area contributed by atoms with Gasteiger partial charge in [-0.15, -0.1) is 6.58 Å². The second-order valence-electron chi connectivity index (χ2n) is 6.26. The molecule has 0 heterocycles. The summed E-state index contributed by atoms with van der Waals surface area (Å²) in [6, 6.07) is 0. The lowest BCUT2D eigenvalue weighted by atomic mass is 9.60. The quantitative estimate of drug-likeness (QED) is 0.576. The highest BCUT2D eigenvalue weighted by atomic mass is 14.6. The largest absolute Gasteiger partial charge is 0.103 e. The summed E-state index contributed by atoms with van der Waals surface area (Å²) >= 11 is 0. The predicted octanol–water partition coefficient (Wildman–Crippen LogP) is 4.66. The van der Waals surface area contributed by atoms with Crippen LogP contribution in [0.25, 0.3) is 0 Å². The topological polar surface area (TPSA) is 0 Å². The lowest BCUT2D eigenvalue weighted by Crippen LogP contribution is -2.37. The molecule has 2 fully saturated rings. The van der Waals surface area contributed by atoms with Gasteiger partial charge < -0.3 is 0 Å². The zero-order valence-corrected chi connectivity index (χ0v) is 10.6. The molecule has 0 amide bonds. The normalized spacial score (nSPS) is 47.3. The van der Waals surface area contributed by atoms with E-state index in [4.69, 9.17) is 0 Å². The van der Waals surface area contributed by atoms with Crippen LogP contribution in [0.2, 0.25) is 0 Å². The van der Waals surface area contributed by atoms with Gasteiger partial charge in [0.15, 0.2) is 0 Å². The SMILES string of the molecule is C=C[C@@H](C)[C@H]1CC[C@H]2[C@@H](C)CCC[C@]12C. The molecule has 0 aromatic carbocycles. The molecule has 0 spiro atoms. The van der Waals surface area contributed by atoms with Gasteiger partial charge in [0, 0.05) is 0 Å². The van der Waals surface area contributed by atoms with Crippen LogP contribution < -0.4 is 0 Å². The first-order valence-corrected chi connectivity index (χ1v) is 6.72. The van der Waals surface area contributed by atoms with Gasteiger partial charge in [-0.2, -0.15) is 0 Å². The predicted molar refractivity (Wildman–Crippen MR) is 66.7 cm³/mol. The Morgan fingerprint density at radius 3 is 2.73 bits per heavy atom. The smallest absolute Gasteiger partial charge is 0.0231 e. The monoisotopic (exact) mass is 206 g/mol. The Labute approximate surface area is 95.1 Å². The van der Waals surface area contributed by atoms with Crippen molar-refractivity contribution in [3.05, 3.63) is 12.7 Å². The molecule has 2 rings (SSSR count). The van der Waals surface area contributed by atoms with Gasteiger partial charge in [0.2, 0.25) is 0 Å². The van der Waals surface area contributed by atoms with E-state index >= 15 is 0 Å². The van der Waals surface area contributed by atoms with Crippen LogP contribution in [0.1, 0.15) is 52.9 Å². The van der Waals surface area contributed by atoms with E-state index in [0.29, 0.717) is 11.3 Å². The molecule has 0 nitrogen and oxygen atoms in total. The Morgan fingerprint density at radius 2 is 2.07 bits per heavy atom. The Kier molecular flexibility index (Phi) is 2.96. The van der Waals surface area contributed by atoms with Gasteiger partial charge in [0.1, 0.15) is 0 Å². The van der Waals surface area contributed by atoms with E-state index in [9.17, 15) is 0 Å². The molecule has 5 atom stereocenters. The van der Waals surface area contributed by atoms with E-state index in [2.05, 4.69) is 33.4 Å². The van der Waals surface area contributed by atoms with Gasteiger partial charge in [-0.25, -0.2) is 0 Å². The van der Waals surface area contributed by atoms with Crippen LogP contribution in [0.3, 0.4) is 0 Å². The highest BCUT2D eigenvalue weighted by Gasteiger charge is 2.50. The van der Waals surface area contributed by atoms with Crippen molar-refractivity contribution in [2.75, 3.05) is 0 Å². The number of rotatable bonds is 2. The highest BCUT2D eigenvalue weighted by Crippen LogP contribution is 2.59. The summed E-state index contributed by atoms with van der Waals surface area (Å²) in [6.45, 7) is 11.4. The summed E-state index contributed by atoms with van der Waals surface area (Å²) in [6.07, 6.45) is 9.48. The highest BCUT2D eigenvalue weighted by molar-refractivity contribution is 5.02. The van der Waals surface area contributed by atoms with E-state index in [1.54, 1.807) is 0 Å². The molecule has 0 heteroatoms.